The van der Waals surface area contributed by atoms with E-state index < -0.39 is 5.97 Å². The first-order valence-electron chi connectivity index (χ1n) is 6.82. The maximum absolute atomic E-state index is 11.1. The van der Waals surface area contributed by atoms with Crippen LogP contribution in [-0.4, -0.2) is 16.1 Å². The number of carboxylic acid groups (broad SMARTS) is 1. The highest BCUT2D eigenvalue weighted by Gasteiger charge is 2.15. The van der Waals surface area contributed by atoms with Gasteiger partial charge in [-0.15, -0.1) is 11.3 Å². The molecule has 0 atom stereocenters. The van der Waals surface area contributed by atoms with Crippen molar-refractivity contribution in [2.75, 3.05) is 0 Å². The lowest BCUT2D eigenvalue weighted by Gasteiger charge is -2.05. The Kier molecular flexibility index (Phi) is 4.55. The normalized spacial score (nSPS) is 11.0. The molecule has 106 valence electrons. The van der Waals surface area contributed by atoms with E-state index in [0.29, 0.717) is 29.3 Å². The zero-order valence-electron chi connectivity index (χ0n) is 12.0. The molecule has 0 fully saturated rings. The first-order valence-corrected chi connectivity index (χ1v) is 7.63. The number of nitrogens with zero attached hydrogens (tertiary/aromatic N) is 1. The second-order valence-corrected chi connectivity index (χ2v) is 6.20. The molecular formula is C16H19NO2S. The summed E-state index contributed by atoms with van der Waals surface area (Å²) in [6.07, 6.45) is 1.35. The Hall–Kier alpha value is -1.68. The van der Waals surface area contributed by atoms with Gasteiger partial charge in [0.1, 0.15) is 4.88 Å². The molecule has 0 radical (unpaired) electrons. The molecule has 1 aromatic carbocycles. The fraction of sp³-hybridized carbons (Fsp3) is 0.375. The van der Waals surface area contributed by atoms with E-state index in [9.17, 15) is 4.79 Å². The van der Waals surface area contributed by atoms with Gasteiger partial charge in [-0.3, -0.25) is 0 Å². The molecule has 2 rings (SSSR count). The quantitative estimate of drug-likeness (QED) is 0.900. The number of aryl methyl sites for hydroxylation is 1. The molecule has 0 saturated heterocycles. The molecular weight excluding hydrogens is 270 g/mol. The summed E-state index contributed by atoms with van der Waals surface area (Å²) in [4.78, 5) is 16.0. The predicted octanol–water partition coefficient (Wildman–Crippen LogP) is 4.12. The Bertz CT molecular complexity index is 599. The first-order chi connectivity index (χ1) is 9.51. The minimum Gasteiger partial charge on any atom is -0.477 e. The predicted molar refractivity (Wildman–Crippen MR) is 81.8 cm³/mol. The van der Waals surface area contributed by atoms with E-state index >= 15 is 0 Å². The van der Waals surface area contributed by atoms with Gasteiger partial charge in [-0.1, -0.05) is 45.0 Å². The highest BCUT2D eigenvalue weighted by molar-refractivity contribution is 7.13. The summed E-state index contributed by atoms with van der Waals surface area (Å²) in [5.41, 5.74) is 3.17. The van der Waals surface area contributed by atoms with Crippen LogP contribution in [0.25, 0.3) is 0 Å². The van der Waals surface area contributed by atoms with Gasteiger partial charge in [-0.2, -0.15) is 0 Å². The van der Waals surface area contributed by atoms with Crippen LogP contribution in [-0.2, 0) is 12.8 Å². The summed E-state index contributed by atoms with van der Waals surface area (Å²) in [6.45, 7) is 6.27. The number of benzene rings is 1. The molecule has 20 heavy (non-hydrogen) atoms. The monoisotopic (exact) mass is 289 g/mol. The summed E-state index contributed by atoms with van der Waals surface area (Å²) < 4.78 is 0. The Balaban J connectivity index is 2.19. The number of hydrogen-bond donors (Lipinski definition) is 1. The molecule has 0 unspecified atom stereocenters. The molecule has 4 heteroatoms. The summed E-state index contributed by atoms with van der Waals surface area (Å²) in [5, 5.41) is 10.0. The third-order valence-corrected chi connectivity index (χ3v) is 4.36. The molecule has 2 aromatic rings. The van der Waals surface area contributed by atoms with E-state index in [4.69, 9.17) is 5.11 Å². The zero-order valence-corrected chi connectivity index (χ0v) is 12.8. The molecule has 3 nitrogen and oxygen atoms in total. The molecule has 0 aliphatic carbocycles. The number of thiazole rings is 1. The van der Waals surface area contributed by atoms with Crippen molar-refractivity contribution in [1.29, 1.82) is 0 Å². The van der Waals surface area contributed by atoms with Crippen molar-refractivity contribution in [2.24, 2.45) is 0 Å². The smallest absolute Gasteiger partial charge is 0.347 e. The summed E-state index contributed by atoms with van der Waals surface area (Å²) in [5.74, 6) is -0.352. The fourth-order valence-electron chi connectivity index (χ4n) is 2.08. The Labute approximate surface area is 123 Å². The van der Waals surface area contributed by atoms with Gasteiger partial charge in [0.2, 0.25) is 0 Å². The van der Waals surface area contributed by atoms with Gasteiger partial charge >= 0.3 is 5.97 Å². The lowest BCUT2D eigenvalue weighted by atomic mass is 10.0. The summed E-state index contributed by atoms with van der Waals surface area (Å²) >= 11 is 1.29. The van der Waals surface area contributed by atoms with E-state index in [1.165, 1.54) is 22.5 Å². The number of rotatable bonds is 5. The number of aromatic nitrogens is 1. The van der Waals surface area contributed by atoms with Crippen molar-refractivity contribution in [1.82, 2.24) is 4.98 Å². The van der Waals surface area contributed by atoms with Crippen LogP contribution in [0.15, 0.2) is 24.3 Å². The largest absolute Gasteiger partial charge is 0.477 e. The van der Waals surface area contributed by atoms with Crippen molar-refractivity contribution in [3.05, 3.63) is 51.0 Å². The maximum atomic E-state index is 11.1. The third kappa shape index (κ3) is 3.25. The van der Waals surface area contributed by atoms with E-state index in [2.05, 4.69) is 43.1 Å². The molecule has 0 spiro atoms. The van der Waals surface area contributed by atoms with Gasteiger partial charge in [0.25, 0.3) is 0 Å². The molecule has 1 aromatic heterocycles. The number of carbonyl (C=O) groups is 1. The van der Waals surface area contributed by atoms with Crippen molar-refractivity contribution in [3.8, 4) is 0 Å². The Morgan fingerprint density at radius 1 is 1.30 bits per heavy atom. The molecule has 0 saturated carbocycles. The number of aromatic carboxylic acids is 1. The molecule has 0 aliphatic rings. The molecule has 1 heterocycles. The standard InChI is InChI=1S/C16H19NO2S/c1-4-13-15(16(18)19)20-14(17-13)9-11-5-7-12(8-6-11)10(2)3/h5-8,10H,4,9H2,1-3H3,(H,18,19). The minimum absolute atomic E-state index is 0.376. The van der Waals surface area contributed by atoms with Crippen molar-refractivity contribution >= 4 is 17.3 Å². The minimum atomic E-state index is -0.874. The van der Waals surface area contributed by atoms with Crippen LogP contribution >= 0.6 is 11.3 Å². The van der Waals surface area contributed by atoms with Crippen LogP contribution in [0.4, 0.5) is 0 Å². The van der Waals surface area contributed by atoms with Crippen molar-refractivity contribution in [3.63, 3.8) is 0 Å². The second kappa shape index (κ2) is 6.18. The molecule has 0 amide bonds. The van der Waals surface area contributed by atoms with Crippen LogP contribution in [0.2, 0.25) is 0 Å². The van der Waals surface area contributed by atoms with Gasteiger partial charge in [0.05, 0.1) is 10.7 Å². The van der Waals surface area contributed by atoms with Crippen molar-refractivity contribution in [2.45, 2.75) is 39.5 Å². The van der Waals surface area contributed by atoms with Gasteiger partial charge in [-0.05, 0) is 23.5 Å². The van der Waals surface area contributed by atoms with E-state index in [0.717, 1.165) is 5.01 Å². The third-order valence-electron chi connectivity index (χ3n) is 3.27. The highest BCUT2D eigenvalue weighted by Crippen LogP contribution is 2.23. The van der Waals surface area contributed by atoms with Crippen LogP contribution in [0.1, 0.15) is 58.2 Å². The topological polar surface area (TPSA) is 50.2 Å². The van der Waals surface area contributed by atoms with Gasteiger partial charge < -0.3 is 5.11 Å². The summed E-state index contributed by atoms with van der Waals surface area (Å²) in [6, 6.07) is 8.46. The van der Waals surface area contributed by atoms with Crippen LogP contribution in [0.5, 0.6) is 0 Å². The maximum Gasteiger partial charge on any atom is 0.347 e. The van der Waals surface area contributed by atoms with Gasteiger partial charge in [-0.25, -0.2) is 9.78 Å². The lowest BCUT2D eigenvalue weighted by Crippen LogP contribution is -1.97. The van der Waals surface area contributed by atoms with E-state index in [1.807, 2.05) is 6.92 Å². The van der Waals surface area contributed by atoms with Crippen LogP contribution < -0.4 is 0 Å². The van der Waals surface area contributed by atoms with Crippen LogP contribution in [0, 0.1) is 0 Å². The second-order valence-electron chi connectivity index (χ2n) is 5.12. The van der Waals surface area contributed by atoms with E-state index in [-0.39, 0.29) is 0 Å². The zero-order chi connectivity index (χ0) is 14.7. The van der Waals surface area contributed by atoms with Crippen molar-refractivity contribution < 1.29 is 9.90 Å². The average molecular weight is 289 g/mol. The number of hydrogen-bond acceptors (Lipinski definition) is 3. The first kappa shape index (κ1) is 14.7. The average Bonchev–Trinajstić information content (AvgIpc) is 2.82. The molecule has 0 aliphatic heterocycles. The molecule has 0 bridgehead atoms. The number of carboxylic acids is 1. The lowest BCUT2D eigenvalue weighted by molar-refractivity contribution is 0.0701. The Morgan fingerprint density at radius 3 is 2.40 bits per heavy atom. The fourth-order valence-corrected chi connectivity index (χ4v) is 3.10. The van der Waals surface area contributed by atoms with Crippen LogP contribution in [0.3, 0.4) is 0 Å². The van der Waals surface area contributed by atoms with Gasteiger partial charge in [0.15, 0.2) is 0 Å². The SMILES string of the molecule is CCc1nc(Cc2ccc(C(C)C)cc2)sc1C(=O)O. The van der Waals surface area contributed by atoms with E-state index in [1.54, 1.807) is 0 Å². The summed E-state index contributed by atoms with van der Waals surface area (Å²) in [7, 11) is 0. The highest BCUT2D eigenvalue weighted by atomic mass is 32.1. The Morgan fingerprint density at radius 2 is 1.95 bits per heavy atom. The molecule has 1 N–H and O–H groups in total. The van der Waals surface area contributed by atoms with Gasteiger partial charge in [0, 0.05) is 6.42 Å².